The molecule has 0 spiro atoms. The van der Waals surface area contributed by atoms with E-state index in [1.807, 2.05) is 45.9 Å². The lowest BCUT2D eigenvalue weighted by molar-refractivity contribution is -0.130. The number of benzene rings is 1. The molecule has 1 fully saturated rings. The van der Waals surface area contributed by atoms with Crippen LogP contribution in [0.2, 0.25) is 0 Å². The van der Waals surface area contributed by atoms with Gasteiger partial charge in [-0.05, 0) is 57.7 Å². The van der Waals surface area contributed by atoms with Crippen LogP contribution in [0, 0.1) is 5.92 Å². The number of nitrogens with one attached hydrogen (secondary N) is 1. The fraction of sp³-hybridized carbons (Fsp3) is 0.667. The molecule has 8 heteroatoms. The van der Waals surface area contributed by atoms with Crippen molar-refractivity contribution in [2.45, 2.75) is 64.7 Å². The number of amides is 2. The summed E-state index contributed by atoms with van der Waals surface area (Å²) in [7, 11) is 4.78. The second-order valence-electron chi connectivity index (χ2n) is 9.10. The Morgan fingerprint density at radius 2 is 1.84 bits per heavy atom. The molecule has 32 heavy (non-hydrogen) atoms. The van der Waals surface area contributed by atoms with Crippen molar-refractivity contribution < 1.29 is 28.5 Å². The molecular formula is C24H38N2O6. The maximum absolute atomic E-state index is 12.8. The molecule has 1 N–H and O–H groups in total. The van der Waals surface area contributed by atoms with Gasteiger partial charge in [-0.15, -0.1) is 0 Å². The minimum Gasteiger partial charge on any atom is -0.493 e. The minimum atomic E-state index is -0.570. The molecular weight excluding hydrogens is 412 g/mol. The third-order valence-corrected chi connectivity index (χ3v) is 5.65. The first kappa shape index (κ1) is 25.8. The third kappa shape index (κ3) is 6.76. The zero-order chi connectivity index (χ0) is 23.9. The Balaban J connectivity index is 1.95. The van der Waals surface area contributed by atoms with Crippen molar-refractivity contribution in [2.75, 3.05) is 34.4 Å². The average Bonchev–Trinajstić information content (AvgIpc) is 3.22. The highest BCUT2D eigenvalue weighted by Gasteiger charge is 2.41. The fourth-order valence-electron chi connectivity index (χ4n) is 4.05. The monoisotopic (exact) mass is 450 g/mol. The Morgan fingerprint density at radius 3 is 2.44 bits per heavy atom. The molecule has 0 saturated carbocycles. The topological polar surface area (TPSA) is 86.3 Å². The van der Waals surface area contributed by atoms with Crippen molar-refractivity contribution in [3.05, 3.63) is 23.8 Å². The average molecular weight is 451 g/mol. The predicted molar refractivity (Wildman–Crippen MR) is 122 cm³/mol. The van der Waals surface area contributed by atoms with Gasteiger partial charge in [0.1, 0.15) is 5.60 Å². The molecule has 0 bridgehead atoms. The summed E-state index contributed by atoms with van der Waals surface area (Å²) in [5.74, 6) is 0.808. The SMILES string of the molecule is COc1ccc(CCNC(=O)C(C)[C@H](OC)[C@@H]2CCCN2C(=O)OC(C)(C)C)cc1OC. The first-order valence-electron chi connectivity index (χ1n) is 11.1. The predicted octanol–water partition coefficient (Wildman–Crippen LogP) is 3.41. The number of hydrogen-bond acceptors (Lipinski definition) is 6. The molecule has 3 atom stereocenters. The Hall–Kier alpha value is -2.48. The summed E-state index contributed by atoms with van der Waals surface area (Å²) < 4.78 is 21.8. The Kier molecular flexibility index (Phi) is 9.19. The highest BCUT2D eigenvalue weighted by atomic mass is 16.6. The van der Waals surface area contributed by atoms with Gasteiger partial charge in [0.25, 0.3) is 0 Å². The lowest BCUT2D eigenvalue weighted by atomic mass is 9.95. The van der Waals surface area contributed by atoms with Crippen molar-refractivity contribution in [3.8, 4) is 11.5 Å². The second kappa shape index (κ2) is 11.4. The van der Waals surface area contributed by atoms with Gasteiger partial charge in [0.2, 0.25) is 5.91 Å². The van der Waals surface area contributed by atoms with Gasteiger partial charge in [-0.3, -0.25) is 4.79 Å². The zero-order valence-electron chi connectivity index (χ0n) is 20.4. The lowest BCUT2D eigenvalue weighted by Crippen LogP contribution is -2.50. The summed E-state index contributed by atoms with van der Waals surface area (Å²) in [5, 5.41) is 2.99. The van der Waals surface area contributed by atoms with Crippen LogP contribution in [0.3, 0.4) is 0 Å². The molecule has 180 valence electrons. The molecule has 0 aromatic heterocycles. The van der Waals surface area contributed by atoms with Crippen molar-refractivity contribution >= 4 is 12.0 Å². The van der Waals surface area contributed by atoms with E-state index in [2.05, 4.69) is 5.32 Å². The number of nitrogens with zero attached hydrogens (tertiary/aromatic N) is 1. The number of carbonyl (C=O) groups is 2. The van der Waals surface area contributed by atoms with Crippen LogP contribution in [0.25, 0.3) is 0 Å². The van der Waals surface area contributed by atoms with E-state index in [1.165, 1.54) is 0 Å². The van der Waals surface area contributed by atoms with E-state index in [1.54, 1.807) is 26.2 Å². The van der Waals surface area contributed by atoms with Crippen LogP contribution in [0.4, 0.5) is 4.79 Å². The normalized spacial score (nSPS) is 18.1. The Morgan fingerprint density at radius 1 is 1.16 bits per heavy atom. The van der Waals surface area contributed by atoms with Crippen LogP contribution in [0.5, 0.6) is 11.5 Å². The molecule has 2 rings (SSSR count). The largest absolute Gasteiger partial charge is 0.493 e. The number of methoxy groups -OCH3 is 3. The first-order valence-corrected chi connectivity index (χ1v) is 11.1. The van der Waals surface area contributed by atoms with Crippen LogP contribution < -0.4 is 14.8 Å². The summed E-state index contributed by atoms with van der Waals surface area (Å²) in [6.07, 6.45) is 1.52. The summed E-state index contributed by atoms with van der Waals surface area (Å²) in [4.78, 5) is 27.2. The summed E-state index contributed by atoms with van der Waals surface area (Å²) in [6, 6.07) is 5.52. The molecule has 2 amide bonds. The van der Waals surface area contributed by atoms with Crippen molar-refractivity contribution in [2.24, 2.45) is 5.92 Å². The fourth-order valence-corrected chi connectivity index (χ4v) is 4.05. The van der Waals surface area contributed by atoms with Crippen LogP contribution >= 0.6 is 0 Å². The van der Waals surface area contributed by atoms with E-state index in [0.717, 1.165) is 18.4 Å². The molecule has 1 saturated heterocycles. The van der Waals surface area contributed by atoms with E-state index < -0.39 is 17.6 Å². The molecule has 1 aliphatic heterocycles. The third-order valence-electron chi connectivity index (χ3n) is 5.65. The molecule has 0 radical (unpaired) electrons. The van der Waals surface area contributed by atoms with E-state index in [4.69, 9.17) is 18.9 Å². The smallest absolute Gasteiger partial charge is 0.410 e. The number of ether oxygens (including phenoxy) is 4. The number of carbonyl (C=O) groups excluding carboxylic acids is 2. The van der Waals surface area contributed by atoms with Crippen LogP contribution in [-0.2, 0) is 20.7 Å². The molecule has 8 nitrogen and oxygen atoms in total. The highest BCUT2D eigenvalue weighted by Crippen LogP contribution is 2.29. The van der Waals surface area contributed by atoms with Crippen molar-refractivity contribution in [3.63, 3.8) is 0 Å². The van der Waals surface area contributed by atoms with Crippen LogP contribution in [-0.4, -0.2) is 69.1 Å². The van der Waals surface area contributed by atoms with Crippen LogP contribution in [0.1, 0.15) is 46.1 Å². The zero-order valence-corrected chi connectivity index (χ0v) is 20.4. The highest BCUT2D eigenvalue weighted by molar-refractivity contribution is 5.79. The van der Waals surface area contributed by atoms with Crippen molar-refractivity contribution in [1.29, 1.82) is 0 Å². The Labute approximate surface area is 191 Å². The molecule has 1 aromatic carbocycles. The number of rotatable bonds is 9. The van der Waals surface area contributed by atoms with E-state index in [9.17, 15) is 9.59 Å². The van der Waals surface area contributed by atoms with Gasteiger partial charge in [-0.2, -0.15) is 0 Å². The standard InChI is InChI=1S/C24H38N2O6/c1-16(21(31-7)18-9-8-14-26(18)23(28)32-24(2,3)4)22(27)25-13-12-17-10-11-19(29-5)20(15-17)30-6/h10-11,15-16,18,21H,8-9,12-14H2,1-7H3,(H,25,27)/t16?,18-,21-/m0/s1. The number of likely N-dealkylation sites (tertiary alicyclic amines) is 1. The molecule has 0 aliphatic carbocycles. The molecule has 1 unspecified atom stereocenters. The maximum Gasteiger partial charge on any atom is 0.410 e. The Bertz CT molecular complexity index is 776. The van der Waals surface area contributed by atoms with E-state index in [-0.39, 0.29) is 18.0 Å². The quantitative estimate of drug-likeness (QED) is 0.621. The van der Waals surface area contributed by atoms with Gasteiger partial charge in [-0.1, -0.05) is 13.0 Å². The van der Waals surface area contributed by atoms with E-state index in [0.29, 0.717) is 31.0 Å². The minimum absolute atomic E-state index is 0.103. The first-order chi connectivity index (χ1) is 15.1. The summed E-state index contributed by atoms with van der Waals surface area (Å²) in [6.45, 7) is 8.46. The second-order valence-corrected chi connectivity index (χ2v) is 9.10. The van der Waals surface area contributed by atoms with Gasteiger partial charge in [-0.25, -0.2) is 4.79 Å². The van der Waals surface area contributed by atoms with Gasteiger partial charge in [0.05, 0.1) is 32.3 Å². The lowest BCUT2D eigenvalue weighted by Gasteiger charge is -2.34. The summed E-state index contributed by atoms with van der Waals surface area (Å²) in [5.41, 5.74) is 0.464. The summed E-state index contributed by atoms with van der Waals surface area (Å²) >= 11 is 0. The van der Waals surface area contributed by atoms with Crippen molar-refractivity contribution in [1.82, 2.24) is 10.2 Å². The van der Waals surface area contributed by atoms with E-state index >= 15 is 0 Å². The van der Waals surface area contributed by atoms with Gasteiger partial charge < -0.3 is 29.2 Å². The van der Waals surface area contributed by atoms with Gasteiger partial charge >= 0.3 is 6.09 Å². The number of hydrogen-bond donors (Lipinski definition) is 1. The van der Waals surface area contributed by atoms with Gasteiger partial charge in [0, 0.05) is 20.2 Å². The molecule has 1 heterocycles. The van der Waals surface area contributed by atoms with Crippen LogP contribution in [0.15, 0.2) is 18.2 Å². The van der Waals surface area contributed by atoms with Gasteiger partial charge in [0.15, 0.2) is 11.5 Å². The molecule has 1 aromatic rings. The maximum atomic E-state index is 12.8. The molecule has 1 aliphatic rings.